The lowest BCUT2D eigenvalue weighted by molar-refractivity contribution is -0.153. The fraction of sp³-hybridized carbons (Fsp3) is 0.250. The largest absolute Gasteiger partial charge is 0.497 e. The van der Waals surface area contributed by atoms with Crippen LogP contribution in [0.5, 0.6) is 11.5 Å². The highest BCUT2D eigenvalue weighted by Crippen LogP contribution is 2.45. The van der Waals surface area contributed by atoms with E-state index in [1.807, 2.05) is 59.2 Å². The number of hydrogen-bond donors (Lipinski definition) is 0. The summed E-state index contributed by atoms with van der Waals surface area (Å²) >= 11 is 0. The van der Waals surface area contributed by atoms with Crippen molar-refractivity contribution in [3.8, 4) is 11.5 Å². The Hall–Kier alpha value is -4.33. The van der Waals surface area contributed by atoms with Crippen LogP contribution < -0.4 is 14.4 Å². The number of methoxy groups -OCH3 is 2. The number of nitrogens with zero attached hydrogens (tertiary/aromatic N) is 3. The third kappa shape index (κ3) is 3.94. The lowest BCUT2D eigenvalue weighted by Crippen LogP contribution is -2.49. The zero-order valence-corrected chi connectivity index (χ0v) is 20.4. The molecule has 8 heteroatoms. The van der Waals surface area contributed by atoms with Gasteiger partial charge in [-0.15, -0.1) is 0 Å². The number of benzene rings is 3. The molecular weight excluding hydrogens is 458 g/mol. The number of fused-ring (bicyclic) bond motifs is 3. The highest BCUT2D eigenvalue weighted by Gasteiger charge is 2.48. The van der Waals surface area contributed by atoms with Gasteiger partial charge in [0.05, 0.1) is 44.4 Å². The Balaban J connectivity index is 1.79. The molecule has 2 atom stereocenters. The number of carbonyl (C=O) groups excluding carboxylic acids is 2. The molecule has 4 aromatic rings. The third-order valence-corrected chi connectivity index (χ3v) is 6.42. The number of rotatable bonds is 7. The summed E-state index contributed by atoms with van der Waals surface area (Å²) in [6, 6.07) is 21.9. The molecule has 3 aromatic carbocycles. The Morgan fingerprint density at radius 1 is 0.972 bits per heavy atom. The number of amides is 1. The molecule has 0 bridgehead atoms. The molecule has 0 saturated heterocycles. The van der Waals surface area contributed by atoms with E-state index >= 15 is 0 Å². The summed E-state index contributed by atoms with van der Waals surface area (Å²) in [7, 11) is 3.13. The fourth-order valence-corrected chi connectivity index (χ4v) is 4.81. The topological polar surface area (TPSA) is 82.9 Å². The predicted molar refractivity (Wildman–Crippen MR) is 135 cm³/mol. The first-order chi connectivity index (χ1) is 17.6. The predicted octanol–water partition coefficient (Wildman–Crippen LogP) is 4.37. The second-order valence-corrected chi connectivity index (χ2v) is 8.46. The molecule has 0 fully saturated rings. The van der Waals surface area contributed by atoms with Gasteiger partial charge in [-0.1, -0.05) is 42.5 Å². The second-order valence-electron chi connectivity index (χ2n) is 8.46. The summed E-state index contributed by atoms with van der Waals surface area (Å²) in [4.78, 5) is 34.0. The van der Waals surface area contributed by atoms with Crippen molar-refractivity contribution in [2.45, 2.75) is 19.5 Å². The number of carbonyl (C=O) groups is 2. The lowest BCUT2D eigenvalue weighted by Gasteiger charge is -2.38. The molecule has 1 aliphatic rings. The quantitative estimate of drug-likeness (QED) is 0.286. The van der Waals surface area contributed by atoms with Crippen LogP contribution in [0.1, 0.15) is 24.1 Å². The van der Waals surface area contributed by atoms with E-state index in [0.717, 1.165) is 16.6 Å². The maximum absolute atomic E-state index is 14.1. The van der Waals surface area contributed by atoms with Crippen LogP contribution in [0.25, 0.3) is 11.0 Å². The molecule has 184 valence electrons. The van der Waals surface area contributed by atoms with Gasteiger partial charge in [-0.05, 0) is 42.8 Å². The van der Waals surface area contributed by atoms with Crippen LogP contribution in [-0.2, 0) is 20.9 Å². The molecule has 1 aliphatic heterocycles. The van der Waals surface area contributed by atoms with Gasteiger partial charge >= 0.3 is 5.97 Å². The van der Waals surface area contributed by atoms with E-state index in [2.05, 4.69) is 0 Å². The van der Waals surface area contributed by atoms with E-state index in [1.54, 1.807) is 44.2 Å². The molecular formula is C28H27N3O5. The van der Waals surface area contributed by atoms with Gasteiger partial charge in [-0.3, -0.25) is 14.5 Å². The standard InChI is InChI=1S/C28H27N3O5/c1-4-36-27(33)24-25(20-16-19(34-2)14-15-23(20)35-3)31-22-13-9-8-12-21(22)29-28(31)30(26(24)32)17-18-10-6-5-7-11-18/h5-16,24-25H,4,17H2,1-3H3. The molecule has 0 radical (unpaired) electrons. The molecule has 0 aliphatic carbocycles. The number of ether oxygens (including phenoxy) is 3. The summed E-state index contributed by atoms with van der Waals surface area (Å²) < 4.78 is 18.5. The van der Waals surface area contributed by atoms with Crippen molar-refractivity contribution >= 4 is 28.9 Å². The zero-order valence-electron chi connectivity index (χ0n) is 20.4. The van der Waals surface area contributed by atoms with E-state index < -0.39 is 17.9 Å². The van der Waals surface area contributed by atoms with E-state index in [4.69, 9.17) is 19.2 Å². The number of imidazole rings is 1. The molecule has 8 nitrogen and oxygen atoms in total. The van der Waals surface area contributed by atoms with Crippen LogP contribution in [0.15, 0.2) is 72.8 Å². The van der Waals surface area contributed by atoms with E-state index in [9.17, 15) is 9.59 Å². The lowest BCUT2D eigenvalue weighted by atomic mass is 9.88. The van der Waals surface area contributed by atoms with Crippen molar-refractivity contribution < 1.29 is 23.8 Å². The Labute approximate surface area is 209 Å². The minimum Gasteiger partial charge on any atom is -0.497 e. The normalized spacial score (nSPS) is 17.1. The number of esters is 1. The van der Waals surface area contributed by atoms with Gasteiger partial charge in [0.25, 0.3) is 0 Å². The smallest absolute Gasteiger partial charge is 0.321 e. The summed E-state index contributed by atoms with van der Waals surface area (Å²) in [6.45, 7) is 2.15. The second kappa shape index (κ2) is 9.73. The highest BCUT2D eigenvalue weighted by molar-refractivity contribution is 6.08. The van der Waals surface area contributed by atoms with Crippen LogP contribution in [0.2, 0.25) is 0 Å². The molecule has 36 heavy (non-hydrogen) atoms. The van der Waals surface area contributed by atoms with Crippen molar-refractivity contribution in [1.82, 2.24) is 9.55 Å². The zero-order chi connectivity index (χ0) is 25.2. The molecule has 2 heterocycles. The van der Waals surface area contributed by atoms with Crippen molar-refractivity contribution in [2.24, 2.45) is 5.92 Å². The van der Waals surface area contributed by atoms with Crippen LogP contribution in [0.3, 0.4) is 0 Å². The molecule has 5 rings (SSSR count). The Morgan fingerprint density at radius 3 is 2.44 bits per heavy atom. The average molecular weight is 486 g/mol. The number of aromatic nitrogens is 2. The van der Waals surface area contributed by atoms with Gasteiger partial charge in [0.2, 0.25) is 11.9 Å². The Bertz CT molecular complexity index is 1420. The first-order valence-corrected chi connectivity index (χ1v) is 11.8. The Kier molecular flexibility index (Phi) is 6.33. The van der Waals surface area contributed by atoms with Gasteiger partial charge in [-0.25, -0.2) is 4.98 Å². The summed E-state index contributed by atoms with van der Waals surface area (Å²) in [5.41, 5.74) is 3.06. The molecule has 1 amide bonds. The number of para-hydroxylation sites is 2. The van der Waals surface area contributed by atoms with E-state index in [0.29, 0.717) is 23.0 Å². The summed E-state index contributed by atoms with van der Waals surface area (Å²) in [5.74, 6) is -0.559. The Morgan fingerprint density at radius 2 is 1.72 bits per heavy atom. The maximum Gasteiger partial charge on any atom is 0.321 e. The average Bonchev–Trinajstić information content (AvgIpc) is 3.29. The third-order valence-electron chi connectivity index (χ3n) is 6.42. The number of hydrogen-bond acceptors (Lipinski definition) is 6. The summed E-state index contributed by atoms with van der Waals surface area (Å²) in [5, 5.41) is 0. The SMILES string of the molecule is CCOC(=O)C1C(=O)N(Cc2ccccc2)c2nc3ccccc3n2C1c1cc(OC)ccc1OC. The van der Waals surface area contributed by atoms with Gasteiger partial charge in [0.15, 0.2) is 5.92 Å². The van der Waals surface area contributed by atoms with Crippen LogP contribution >= 0.6 is 0 Å². The van der Waals surface area contributed by atoms with Gasteiger partial charge in [0.1, 0.15) is 11.5 Å². The van der Waals surface area contributed by atoms with Gasteiger partial charge < -0.3 is 18.8 Å². The van der Waals surface area contributed by atoms with Gasteiger partial charge in [-0.2, -0.15) is 0 Å². The molecule has 0 spiro atoms. The van der Waals surface area contributed by atoms with Crippen molar-refractivity contribution in [1.29, 1.82) is 0 Å². The molecule has 2 unspecified atom stereocenters. The minimum atomic E-state index is -1.15. The maximum atomic E-state index is 14.1. The highest BCUT2D eigenvalue weighted by atomic mass is 16.5. The minimum absolute atomic E-state index is 0.154. The molecule has 0 N–H and O–H groups in total. The van der Waals surface area contributed by atoms with Crippen molar-refractivity contribution in [2.75, 3.05) is 25.7 Å². The summed E-state index contributed by atoms with van der Waals surface area (Å²) in [6.07, 6.45) is 0. The van der Waals surface area contributed by atoms with E-state index in [-0.39, 0.29) is 19.1 Å². The van der Waals surface area contributed by atoms with Crippen LogP contribution in [0.4, 0.5) is 5.95 Å². The first kappa shape index (κ1) is 23.4. The van der Waals surface area contributed by atoms with E-state index in [1.165, 1.54) is 0 Å². The van der Waals surface area contributed by atoms with Crippen LogP contribution in [-0.4, -0.2) is 42.3 Å². The van der Waals surface area contributed by atoms with Gasteiger partial charge in [0, 0.05) is 5.56 Å². The van der Waals surface area contributed by atoms with Crippen LogP contribution in [0, 0.1) is 5.92 Å². The molecule has 0 saturated carbocycles. The fourth-order valence-electron chi connectivity index (χ4n) is 4.81. The molecule has 1 aromatic heterocycles. The first-order valence-electron chi connectivity index (χ1n) is 11.8. The number of anilines is 1. The monoisotopic (exact) mass is 485 g/mol. The van der Waals surface area contributed by atoms with Crippen molar-refractivity contribution in [3.05, 3.63) is 83.9 Å². The van der Waals surface area contributed by atoms with Crippen molar-refractivity contribution in [3.63, 3.8) is 0 Å².